The summed E-state index contributed by atoms with van der Waals surface area (Å²) in [5.74, 6) is -0.113. The minimum Gasteiger partial charge on any atom is -0.512 e. The molecule has 1 unspecified atom stereocenters. The summed E-state index contributed by atoms with van der Waals surface area (Å²) in [5.41, 5.74) is 0.470. The number of unbranched alkanes of at least 4 members (excludes halogenated alkanes) is 1. The topological polar surface area (TPSA) is 66.8 Å². The number of phenolic OH excluding ortho intramolecular Hbond substituents is 1. The number of hydrogen-bond donors (Lipinski definition) is 2. The van der Waals surface area contributed by atoms with Gasteiger partial charge in [0.2, 0.25) is 0 Å². The summed E-state index contributed by atoms with van der Waals surface area (Å²) in [6.07, 6.45) is 5.68. The van der Waals surface area contributed by atoms with Crippen molar-refractivity contribution in [2.24, 2.45) is 0 Å². The fourth-order valence-electron chi connectivity index (χ4n) is 2.73. The van der Waals surface area contributed by atoms with Crippen LogP contribution in [0.1, 0.15) is 44.6 Å². The van der Waals surface area contributed by atoms with Crippen molar-refractivity contribution in [3.05, 3.63) is 41.7 Å². The Labute approximate surface area is 125 Å². The third kappa shape index (κ3) is 4.25. The quantitative estimate of drug-likeness (QED) is 0.785. The lowest BCUT2D eigenvalue weighted by Gasteiger charge is -2.35. The molecule has 1 aromatic rings. The third-order valence-corrected chi connectivity index (χ3v) is 3.90. The van der Waals surface area contributed by atoms with Crippen molar-refractivity contribution < 1.29 is 19.7 Å². The molecule has 0 amide bonds. The van der Waals surface area contributed by atoms with Crippen LogP contribution in [0, 0.1) is 0 Å². The van der Waals surface area contributed by atoms with Gasteiger partial charge in [0.05, 0.1) is 6.08 Å². The van der Waals surface area contributed by atoms with Crippen LogP contribution in [0.3, 0.4) is 0 Å². The molecular formula is C17H22O4. The van der Waals surface area contributed by atoms with Gasteiger partial charge in [-0.05, 0) is 43.4 Å². The van der Waals surface area contributed by atoms with Crippen molar-refractivity contribution in [3.63, 3.8) is 0 Å². The predicted molar refractivity (Wildman–Crippen MR) is 80.1 cm³/mol. The molecule has 0 saturated heterocycles. The number of phenols is 1. The fraction of sp³-hybridized carbons (Fsp3) is 0.471. The molecule has 1 aromatic carbocycles. The summed E-state index contributed by atoms with van der Waals surface area (Å²) in [6.45, 7) is 2.09. The monoisotopic (exact) mass is 290 g/mol. The van der Waals surface area contributed by atoms with Crippen molar-refractivity contribution >= 4 is 5.97 Å². The highest BCUT2D eigenvalue weighted by atomic mass is 16.6. The number of cyclic esters (lactones) is 1. The number of carbonyl (C=O) groups is 1. The highest BCUT2D eigenvalue weighted by molar-refractivity contribution is 5.83. The van der Waals surface area contributed by atoms with E-state index in [2.05, 4.69) is 6.92 Å². The SMILES string of the molecule is CCCCC1(CCc2ccc(O)cc2)CC(O)=CC(=O)O1. The number of aromatic hydroxyl groups is 1. The van der Waals surface area contributed by atoms with Crippen molar-refractivity contribution in [2.75, 3.05) is 0 Å². The summed E-state index contributed by atoms with van der Waals surface area (Å²) in [4.78, 5) is 11.6. The number of rotatable bonds is 6. The smallest absolute Gasteiger partial charge is 0.334 e. The maximum absolute atomic E-state index is 11.6. The first-order valence-electron chi connectivity index (χ1n) is 7.43. The molecule has 0 saturated carbocycles. The van der Waals surface area contributed by atoms with Crippen LogP contribution < -0.4 is 0 Å². The summed E-state index contributed by atoms with van der Waals surface area (Å²) in [6, 6.07) is 7.03. The molecule has 1 atom stereocenters. The molecule has 1 aliphatic rings. The molecule has 2 rings (SSSR count). The predicted octanol–water partition coefficient (Wildman–Crippen LogP) is 3.64. The number of hydrogen-bond acceptors (Lipinski definition) is 4. The van der Waals surface area contributed by atoms with Gasteiger partial charge in [0.1, 0.15) is 17.1 Å². The second-order valence-electron chi connectivity index (χ2n) is 5.69. The van der Waals surface area contributed by atoms with Gasteiger partial charge < -0.3 is 14.9 Å². The van der Waals surface area contributed by atoms with E-state index >= 15 is 0 Å². The van der Waals surface area contributed by atoms with Gasteiger partial charge in [-0.25, -0.2) is 4.79 Å². The Balaban J connectivity index is 2.07. The Morgan fingerprint density at radius 3 is 2.52 bits per heavy atom. The number of ether oxygens (including phenoxy) is 1. The third-order valence-electron chi connectivity index (χ3n) is 3.90. The molecular weight excluding hydrogens is 268 g/mol. The average Bonchev–Trinajstić information content (AvgIpc) is 2.44. The van der Waals surface area contributed by atoms with Crippen LogP contribution in [0.15, 0.2) is 36.1 Å². The normalized spacial score (nSPS) is 21.8. The van der Waals surface area contributed by atoms with Gasteiger partial charge in [0.25, 0.3) is 0 Å². The van der Waals surface area contributed by atoms with Crippen LogP contribution in [0.5, 0.6) is 5.75 Å². The first-order chi connectivity index (χ1) is 10.0. The van der Waals surface area contributed by atoms with Crippen molar-refractivity contribution in [1.29, 1.82) is 0 Å². The van der Waals surface area contributed by atoms with Gasteiger partial charge >= 0.3 is 5.97 Å². The summed E-state index contributed by atoms with van der Waals surface area (Å²) in [7, 11) is 0. The number of aliphatic hydroxyl groups is 1. The second kappa shape index (κ2) is 6.66. The van der Waals surface area contributed by atoms with Crippen molar-refractivity contribution in [1.82, 2.24) is 0 Å². The maximum Gasteiger partial charge on any atom is 0.334 e. The van der Waals surface area contributed by atoms with Gasteiger partial charge in [-0.15, -0.1) is 0 Å². The van der Waals surface area contributed by atoms with Crippen LogP contribution in [0.2, 0.25) is 0 Å². The molecule has 2 N–H and O–H groups in total. The van der Waals surface area contributed by atoms with Gasteiger partial charge in [-0.1, -0.05) is 25.5 Å². The van der Waals surface area contributed by atoms with E-state index in [1.165, 1.54) is 0 Å². The number of benzene rings is 1. The highest BCUT2D eigenvalue weighted by Gasteiger charge is 2.37. The molecule has 0 bridgehead atoms. The largest absolute Gasteiger partial charge is 0.512 e. The molecule has 0 fully saturated rings. The van der Waals surface area contributed by atoms with E-state index < -0.39 is 11.6 Å². The minimum atomic E-state index is -0.607. The summed E-state index contributed by atoms with van der Waals surface area (Å²) < 4.78 is 5.57. The van der Waals surface area contributed by atoms with Gasteiger partial charge in [0, 0.05) is 6.42 Å². The second-order valence-corrected chi connectivity index (χ2v) is 5.69. The van der Waals surface area contributed by atoms with Gasteiger partial charge in [0.15, 0.2) is 0 Å². The Hall–Kier alpha value is -1.97. The van der Waals surface area contributed by atoms with Crippen LogP contribution in [0.4, 0.5) is 0 Å². The molecule has 4 nitrogen and oxygen atoms in total. The molecule has 0 spiro atoms. The van der Waals surface area contributed by atoms with E-state index in [4.69, 9.17) is 4.74 Å². The molecule has 21 heavy (non-hydrogen) atoms. The maximum atomic E-state index is 11.6. The Kier molecular flexibility index (Phi) is 4.89. The average molecular weight is 290 g/mol. The van der Waals surface area contributed by atoms with Crippen LogP contribution in [-0.2, 0) is 16.0 Å². The van der Waals surface area contributed by atoms with E-state index in [0.29, 0.717) is 12.8 Å². The minimum absolute atomic E-state index is 0.105. The first-order valence-corrected chi connectivity index (χ1v) is 7.43. The van der Waals surface area contributed by atoms with Crippen LogP contribution in [-0.4, -0.2) is 21.8 Å². The zero-order valence-corrected chi connectivity index (χ0v) is 12.3. The zero-order valence-electron chi connectivity index (χ0n) is 12.3. The zero-order chi connectivity index (χ0) is 15.3. The van der Waals surface area contributed by atoms with Crippen molar-refractivity contribution in [3.8, 4) is 5.75 Å². The summed E-state index contributed by atoms with van der Waals surface area (Å²) in [5, 5.41) is 19.1. The molecule has 114 valence electrons. The Bertz CT molecular complexity index is 518. The van der Waals surface area contributed by atoms with Gasteiger partial charge in [-0.3, -0.25) is 0 Å². The Morgan fingerprint density at radius 1 is 1.19 bits per heavy atom. The molecule has 1 aliphatic heterocycles. The van der Waals surface area contributed by atoms with Crippen LogP contribution in [0.25, 0.3) is 0 Å². The van der Waals surface area contributed by atoms with E-state index in [1.54, 1.807) is 12.1 Å². The van der Waals surface area contributed by atoms with Crippen molar-refractivity contribution in [2.45, 2.75) is 51.0 Å². The molecule has 0 aromatic heterocycles. The molecule has 4 heteroatoms. The van der Waals surface area contributed by atoms with Crippen LogP contribution >= 0.6 is 0 Å². The van der Waals surface area contributed by atoms with E-state index in [0.717, 1.165) is 37.3 Å². The van der Waals surface area contributed by atoms with E-state index in [-0.39, 0.29) is 11.5 Å². The Morgan fingerprint density at radius 2 is 1.90 bits per heavy atom. The fourth-order valence-corrected chi connectivity index (χ4v) is 2.73. The lowest BCUT2D eigenvalue weighted by Crippen LogP contribution is -2.38. The molecule has 1 heterocycles. The van der Waals surface area contributed by atoms with Gasteiger partial charge in [-0.2, -0.15) is 0 Å². The first kappa shape index (κ1) is 15.4. The standard InChI is InChI=1S/C17H22O4/c1-2-3-9-17(12-15(19)11-16(20)21-17)10-8-13-4-6-14(18)7-5-13/h4-7,11,18-19H,2-3,8-10,12H2,1H3. The molecule has 0 aliphatic carbocycles. The molecule has 0 radical (unpaired) electrons. The number of aryl methyl sites for hydroxylation is 1. The summed E-state index contributed by atoms with van der Waals surface area (Å²) >= 11 is 0. The van der Waals surface area contributed by atoms with E-state index in [9.17, 15) is 15.0 Å². The lowest BCUT2D eigenvalue weighted by molar-refractivity contribution is -0.159. The highest BCUT2D eigenvalue weighted by Crippen LogP contribution is 2.34. The lowest BCUT2D eigenvalue weighted by atomic mass is 9.84. The number of esters is 1. The van der Waals surface area contributed by atoms with E-state index in [1.807, 2.05) is 12.1 Å². The number of aliphatic hydroxyl groups excluding tert-OH is 1. The number of carbonyl (C=O) groups excluding carboxylic acids is 1.